The first-order valence-electron chi connectivity index (χ1n) is 9.11. The molecule has 2 amide bonds. The summed E-state index contributed by atoms with van der Waals surface area (Å²) in [4.78, 5) is 24.4. The largest absolute Gasteiger partial charge is 0.375 e. The highest BCUT2D eigenvalue weighted by Crippen LogP contribution is 2.27. The summed E-state index contributed by atoms with van der Waals surface area (Å²) in [5, 5.41) is 10.6. The van der Waals surface area contributed by atoms with E-state index in [1.807, 2.05) is 73.1 Å². The van der Waals surface area contributed by atoms with Crippen molar-refractivity contribution in [1.82, 2.24) is 9.78 Å². The van der Waals surface area contributed by atoms with Gasteiger partial charge in [-0.05, 0) is 38.1 Å². The third-order valence-electron chi connectivity index (χ3n) is 4.25. The van der Waals surface area contributed by atoms with Crippen molar-refractivity contribution in [2.24, 2.45) is 5.73 Å². The van der Waals surface area contributed by atoms with Crippen molar-refractivity contribution in [2.75, 3.05) is 22.9 Å². The van der Waals surface area contributed by atoms with Gasteiger partial charge in [0.05, 0.1) is 35.1 Å². The van der Waals surface area contributed by atoms with Gasteiger partial charge < -0.3 is 16.4 Å². The number of benzene rings is 2. The molecule has 3 rings (SSSR count). The molecule has 1 aromatic heterocycles. The van der Waals surface area contributed by atoms with Crippen LogP contribution in [0.25, 0.3) is 5.69 Å². The predicted octanol–water partition coefficient (Wildman–Crippen LogP) is 3.12. The highest BCUT2D eigenvalue weighted by Gasteiger charge is 2.15. The van der Waals surface area contributed by atoms with Crippen LogP contribution in [0.5, 0.6) is 0 Å². The Hall–Kier alpha value is -3.26. The van der Waals surface area contributed by atoms with Crippen LogP contribution in [0.2, 0.25) is 0 Å². The fourth-order valence-electron chi connectivity index (χ4n) is 2.89. The second kappa shape index (κ2) is 9.29. The van der Waals surface area contributed by atoms with Crippen LogP contribution >= 0.6 is 11.8 Å². The number of anilines is 2. The molecular weight excluding hydrogens is 386 g/mol. The van der Waals surface area contributed by atoms with Crippen LogP contribution < -0.4 is 16.4 Å². The Labute approximate surface area is 173 Å². The zero-order valence-corrected chi connectivity index (χ0v) is 17.1. The average molecular weight is 410 g/mol. The fourth-order valence-corrected chi connectivity index (χ4v) is 3.66. The number of rotatable bonds is 8. The van der Waals surface area contributed by atoms with Gasteiger partial charge in [-0.15, -0.1) is 11.8 Å². The topological polar surface area (TPSA) is 102 Å². The van der Waals surface area contributed by atoms with Crippen LogP contribution in [0, 0.1) is 13.8 Å². The lowest BCUT2D eigenvalue weighted by Crippen LogP contribution is -2.22. The van der Waals surface area contributed by atoms with Crippen LogP contribution in [0.15, 0.2) is 59.5 Å². The van der Waals surface area contributed by atoms with Gasteiger partial charge in [-0.2, -0.15) is 5.10 Å². The normalized spacial score (nSPS) is 10.6. The number of hydrogen-bond donors (Lipinski definition) is 3. The maximum atomic E-state index is 12.5. The number of amides is 2. The monoisotopic (exact) mass is 409 g/mol. The van der Waals surface area contributed by atoms with Crippen LogP contribution in [0.4, 0.5) is 11.4 Å². The highest BCUT2D eigenvalue weighted by atomic mass is 32.2. The van der Waals surface area contributed by atoms with Crippen molar-refractivity contribution in [3.8, 4) is 5.69 Å². The van der Waals surface area contributed by atoms with Crippen LogP contribution in [-0.2, 0) is 9.59 Å². The van der Waals surface area contributed by atoms with E-state index in [0.29, 0.717) is 5.69 Å². The lowest BCUT2D eigenvalue weighted by Gasteiger charge is -2.12. The SMILES string of the molecule is Cc1nn(-c2ccccc2)c(C)c1NC(=O)CNc1ccccc1SCC(N)=O. The van der Waals surface area contributed by atoms with Crippen LogP contribution in [0.3, 0.4) is 0 Å². The molecule has 0 fully saturated rings. The minimum Gasteiger partial charge on any atom is -0.375 e. The van der Waals surface area contributed by atoms with E-state index in [0.717, 1.165) is 27.7 Å². The molecule has 7 nitrogen and oxygen atoms in total. The third-order valence-corrected chi connectivity index (χ3v) is 5.35. The summed E-state index contributed by atoms with van der Waals surface area (Å²) in [6, 6.07) is 17.3. The number of nitrogens with zero attached hydrogens (tertiary/aromatic N) is 2. The number of carbonyl (C=O) groups excluding carboxylic acids is 2. The quantitative estimate of drug-likeness (QED) is 0.496. The summed E-state index contributed by atoms with van der Waals surface area (Å²) in [6.07, 6.45) is 0. The minimum absolute atomic E-state index is 0.0868. The van der Waals surface area contributed by atoms with Crippen molar-refractivity contribution in [3.05, 3.63) is 66.0 Å². The number of nitrogens with one attached hydrogen (secondary N) is 2. The molecule has 0 aliphatic rings. The second-order valence-electron chi connectivity index (χ2n) is 6.45. The second-order valence-corrected chi connectivity index (χ2v) is 7.46. The number of para-hydroxylation sites is 2. The minimum atomic E-state index is -0.385. The zero-order valence-electron chi connectivity index (χ0n) is 16.3. The maximum absolute atomic E-state index is 12.5. The summed E-state index contributed by atoms with van der Waals surface area (Å²) < 4.78 is 1.81. The van der Waals surface area contributed by atoms with E-state index in [1.165, 1.54) is 11.8 Å². The lowest BCUT2D eigenvalue weighted by molar-refractivity contribution is -0.116. The smallest absolute Gasteiger partial charge is 0.243 e. The lowest BCUT2D eigenvalue weighted by atomic mass is 10.3. The standard InChI is InChI=1S/C21H23N5O2S/c1-14-21(15(2)26(25-14)16-8-4-3-5-9-16)24-20(28)12-23-17-10-6-7-11-18(17)29-13-19(22)27/h3-11,23H,12-13H2,1-2H3,(H2,22,27)(H,24,28). The van der Waals surface area contributed by atoms with E-state index in [2.05, 4.69) is 15.7 Å². The molecule has 0 bridgehead atoms. The molecule has 29 heavy (non-hydrogen) atoms. The number of nitrogens with two attached hydrogens (primary N) is 1. The molecule has 0 aliphatic carbocycles. The van der Waals surface area contributed by atoms with E-state index in [-0.39, 0.29) is 24.1 Å². The maximum Gasteiger partial charge on any atom is 0.243 e. The first-order valence-corrected chi connectivity index (χ1v) is 10.1. The molecule has 0 saturated heterocycles. The first kappa shape index (κ1) is 20.5. The van der Waals surface area contributed by atoms with Gasteiger partial charge in [0.25, 0.3) is 0 Å². The molecule has 0 spiro atoms. The summed E-state index contributed by atoms with van der Waals surface area (Å²) in [5.41, 5.74) is 9.25. The number of aromatic nitrogens is 2. The summed E-state index contributed by atoms with van der Waals surface area (Å²) in [5.74, 6) is -0.385. The van der Waals surface area contributed by atoms with Crippen LogP contribution in [-0.4, -0.2) is 33.9 Å². The van der Waals surface area contributed by atoms with Gasteiger partial charge in [-0.3, -0.25) is 9.59 Å². The fraction of sp³-hybridized carbons (Fsp3) is 0.190. The van der Waals surface area contributed by atoms with Crippen molar-refractivity contribution in [3.63, 3.8) is 0 Å². The zero-order chi connectivity index (χ0) is 20.8. The van der Waals surface area contributed by atoms with Crippen molar-refractivity contribution in [2.45, 2.75) is 18.7 Å². The predicted molar refractivity (Wildman–Crippen MR) is 117 cm³/mol. The van der Waals surface area contributed by atoms with Crippen molar-refractivity contribution >= 4 is 35.0 Å². The van der Waals surface area contributed by atoms with Crippen molar-refractivity contribution in [1.29, 1.82) is 0 Å². The molecule has 0 unspecified atom stereocenters. The molecule has 3 aromatic rings. The molecule has 0 saturated carbocycles. The molecule has 4 N–H and O–H groups in total. The molecule has 150 valence electrons. The van der Waals surface area contributed by atoms with Gasteiger partial charge in [0.1, 0.15) is 0 Å². The molecular formula is C21H23N5O2S. The molecule has 8 heteroatoms. The van der Waals surface area contributed by atoms with Gasteiger partial charge in [0.15, 0.2) is 0 Å². The number of hydrogen-bond acceptors (Lipinski definition) is 5. The summed E-state index contributed by atoms with van der Waals surface area (Å²) in [6.45, 7) is 3.88. The third kappa shape index (κ3) is 5.17. The van der Waals surface area contributed by atoms with Crippen LogP contribution in [0.1, 0.15) is 11.4 Å². The Morgan fingerprint density at radius 3 is 2.48 bits per heavy atom. The number of primary amides is 1. The molecule has 0 radical (unpaired) electrons. The van der Waals surface area contributed by atoms with Gasteiger partial charge in [0, 0.05) is 10.6 Å². The Morgan fingerprint density at radius 2 is 1.76 bits per heavy atom. The Morgan fingerprint density at radius 1 is 1.07 bits per heavy atom. The molecule has 1 heterocycles. The van der Waals surface area contributed by atoms with E-state index in [1.54, 1.807) is 0 Å². The molecule has 0 atom stereocenters. The Bertz CT molecular complexity index is 1020. The van der Waals surface area contributed by atoms with Gasteiger partial charge in [-0.25, -0.2) is 4.68 Å². The van der Waals surface area contributed by atoms with E-state index >= 15 is 0 Å². The Kier molecular flexibility index (Phi) is 6.56. The average Bonchev–Trinajstić information content (AvgIpc) is 3.00. The number of carbonyl (C=O) groups is 2. The summed E-state index contributed by atoms with van der Waals surface area (Å²) >= 11 is 1.33. The highest BCUT2D eigenvalue weighted by molar-refractivity contribution is 8.00. The van der Waals surface area contributed by atoms with Gasteiger partial charge >= 0.3 is 0 Å². The molecule has 2 aromatic carbocycles. The van der Waals surface area contributed by atoms with Gasteiger partial charge in [-0.1, -0.05) is 30.3 Å². The van der Waals surface area contributed by atoms with Gasteiger partial charge in [0.2, 0.25) is 11.8 Å². The molecule has 0 aliphatic heterocycles. The summed E-state index contributed by atoms with van der Waals surface area (Å²) in [7, 11) is 0. The van der Waals surface area contributed by atoms with E-state index in [4.69, 9.17) is 5.73 Å². The number of aryl methyl sites for hydroxylation is 1. The Balaban J connectivity index is 1.67. The first-order chi connectivity index (χ1) is 14.0. The van der Waals surface area contributed by atoms with E-state index in [9.17, 15) is 9.59 Å². The van der Waals surface area contributed by atoms with E-state index < -0.39 is 0 Å². The number of thioether (sulfide) groups is 1. The van der Waals surface area contributed by atoms with Crippen molar-refractivity contribution < 1.29 is 9.59 Å².